The van der Waals surface area contributed by atoms with Gasteiger partial charge in [-0.2, -0.15) is 0 Å². The molecular formula is C15H15FN2O4S. The molecule has 2 aromatic rings. The maximum Gasteiger partial charge on any atom is 0.270 e. The predicted molar refractivity (Wildman–Crippen MR) is 83.0 cm³/mol. The number of sulfonamides is 1. The van der Waals surface area contributed by atoms with Crippen LogP contribution in [0, 0.1) is 22.9 Å². The molecule has 2 rings (SSSR count). The van der Waals surface area contributed by atoms with Gasteiger partial charge in [-0.15, -0.1) is 0 Å². The summed E-state index contributed by atoms with van der Waals surface area (Å²) in [5.74, 6) is -0.418. The largest absolute Gasteiger partial charge is 0.270 e. The number of rotatable bonds is 5. The van der Waals surface area contributed by atoms with Crippen LogP contribution >= 0.6 is 0 Å². The summed E-state index contributed by atoms with van der Waals surface area (Å²) in [6.45, 7) is 3.17. The first-order valence-electron chi connectivity index (χ1n) is 6.73. The van der Waals surface area contributed by atoms with Gasteiger partial charge in [0.05, 0.1) is 9.82 Å². The van der Waals surface area contributed by atoms with E-state index in [-0.39, 0.29) is 10.6 Å². The Balaban J connectivity index is 2.33. The molecule has 0 aliphatic carbocycles. The first kappa shape index (κ1) is 17.0. The highest BCUT2D eigenvalue weighted by molar-refractivity contribution is 7.89. The van der Waals surface area contributed by atoms with Crippen LogP contribution in [0.15, 0.2) is 47.4 Å². The topological polar surface area (TPSA) is 89.3 Å². The lowest BCUT2D eigenvalue weighted by Gasteiger charge is -2.15. The van der Waals surface area contributed by atoms with Crippen LogP contribution in [0.4, 0.5) is 10.1 Å². The molecule has 8 heteroatoms. The average molecular weight is 338 g/mol. The van der Waals surface area contributed by atoms with E-state index < -0.39 is 26.8 Å². The minimum absolute atomic E-state index is 0.152. The van der Waals surface area contributed by atoms with Crippen molar-refractivity contribution in [3.8, 4) is 0 Å². The Hall–Kier alpha value is -2.32. The lowest BCUT2D eigenvalue weighted by atomic mass is 10.1. The molecule has 1 unspecified atom stereocenters. The number of nitrogens with zero attached hydrogens (tertiary/aromatic N) is 1. The molecule has 0 heterocycles. The first-order chi connectivity index (χ1) is 10.7. The highest BCUT2D eigenvalue weighted by Gasteiger charge is 2.23. The van der Waals surface area contributed by atoms with Gasteiger partial charge in [0, 0.05) is 18.2 Å². The zero-order chi connectivity index (χ0) is 17.2. The van der Waals surface area contributed by atoms with Crippen molar-refractivity contribution in [2.45, 2.75) is 24.8 Å². The van der Waals surface area contributed by atoms with Crippen LogP contribution in [0.3, 0.4) is 0 Å². The van der Waals surface area contributed by atoms with Gasteiger partial charge in [-0.1, -0.05) is 18.2 Å². The number of benzene rings is 2. The van der Waals surface area contributed by atoms with Gasteiger partial charge in [-0.25, -0.2) is 17.5 Å². The Labute approximate surface area is 133 Å². The molecule has 6 nitrogen and oxygen atoms in total. The molecule has 0 radical (unpaired) electrons. The van der Waals surface area contributed by atoms with Gasteiger partial charge in [0.25, 0.3) is 5.69 Å². The Morgan fingerprint density at radius 3 is 2.35 bits per heavy atom. The summed E-state index contributed by atoms with van der Waals surface area (Å²) >= 11 is 0. The second-order valence-electron chi connectivity index (χ2n) is 5.10. The van der Waals surface area contributed by atoms with E-state index in [1.807, 2.05) is 0 Å². The van der Waals surface area contributed by atoms with Crippen molar-refractivity contribution < 1.29 is 17.7 Å². The monoisotopic (exact) mass is 338 g/mol. The van der Waals surface area contributed by atoms with Gasteiger partial charge in [-0.05, 0) is 37.1 Å². The van der Waals surface area contributed by atoms with Gasteiger partial charge in [0.2, 0.25) is 10.0 Å². The van der Waals surface area contributed by atoms with Crippen LogP contribution in [0.25, 0.3) is 0 Å². The highest BCUT2D eigenvalue weighted by Crippen LogP contribution is 2.23. The second kappa shape index (κ2) is 6.43. The molecule has 0 bridgehead atoms. The van der Waals surface area contributed by atoms with Crippen LogP contribution in [-0.4, -0.2) is 13.3 Å². The fourth-order valence-electron chi connectivity index (χ4n) is 2.11. The van der Waals surface area contributed by atoms with E-state index in [2.05, 4.69) is 4.72 Å². The van der Waals surface area contributed by atoms with E-state index >= 15 is 0 Å². The second-order valence-corrected chi connectivity index (χ2v) is 6.78. The minimum atomic E-state index is -3.95. The fraction of sp³-hybridized carbons (Fsp3) is 0.200. The van der Waals surface area contributed by atoms with E-state index in [0.29, 0.717) is 11.1 Å². The van der Waals surface area contributed by atoms with Crippen molar-refractivity contribution in [1.82, 2.24) is 4.72 Å². The molecule has 0 spiro atoms. The van der Waals surface area contributed by atoms with Gasteiger partial charge in [0.1, 0.15) is 5.82 Å². The summed E-state index contributed by atoms with van der Waals surface area (Å²) < 4.78 is 40.3. The Kier molecular flexibility index (Phi) is 4.76. The molecule has 122 valence electrons. The summed E-state index contributed by atoms with van der Waals surface area (Å²) in [7, 11) is -3.95. The van der Waals surface area contributed by atoms with Gasteiger partial charge < -0.3 is 0 Å². The van der Waals surface area contributed by atoms with E-state index in [0.717, 1.165) is 6.07 Å². The number of nitro benzene ring substituents is 1. The number of nitro groups is 1. The summed E-state index contributed by atoms with van der Waals surface area (Å²) in [5.41, 5.74) is 0.679. The van der Waals surface area contributed by atoms with Gasteiger partial charge >= 0.3 is 0 Å². The molecule has 23 heavy (non-hydrogen) atoms. The van der Waals surface area contributed by atoms with Crippen molar-refractivity contribution in [3.63, 3.8) is 0 Å². The van der Waals surface area contributed by atoms with Crippen LogP contribution in [0.5, 0.6) is 0 Å². The zero-order valence-corrected chi connectivity index (χ0v) is 13.3. The Morgan fingerprint density at radius 1 is 1.17 bits per heavy atom. The van der Waals surface area contributed by atoms with Crippen LogP contribution in [0.1, 0.15) is 24.1 Å². The number of nitrogens with one attached hydrogen (secondary N) is 1. The molecule has 0 aromatic heterocycles. The third-order valence-corrected chi connectivity index (χ3v) is 5.06. The lowest BCUT2D eigenvalue weighted by molar-refractivity contribution is -0.385. The maximum atomic E-state index is 12.9. The van der Waals surface area contributed by atoms with Crippen molar-refractivity contribution in [2.24, 2.45) is 0 Å². The molecule has 0 amide bonds. The SMILES string of the molecule is Cc1ccc([N+](=O)[O-])cc1S(=O)(=O)NC(C)c1ccc(F)cc1. The third-order valence-electron chi connectivity index (χ3n) is 3.37. The standard InChI is InChI=1S/C15H15FN2O4S/c1-10-3-8-14(18(19)20)9-15(10)23(21,22)17-11(2)12-4-6-13(16)7-5-12/h3-9,11,17H,1-2H3. The molecule has 2 aromatic carbocycles. The van der Waals surface area contributed by atoms with E-state index in [9.17, 15) is 22.9 Å². The minimum Gasteiger partial charge on any atom is -0.258 e. The van der Waals surface area contributed by atoms with Crippen molar-refractivity contribution in [2.75, 3.05) is 0 Å². The molecule has 0 saturated carbocycles. The van der Waals surface area contributed by atoms with E-state index in [1.165, 1.54) is 36.4 Å². The third kappa shape index (κ3) is 3.91. The van der Waals surface area contributed by atoms with Crippen molar-refractivity contribution in [3.05, 3.63) is 69.5 Å². The Morgan fingerprint density at radius 2 is 1.78 bits per heavy atom. The van der Waals surface area contributed by atoms with Crippen molar-refractivity contribution >= 4 is 15.7 Å². The van der Waals surface area contributed by atoms with Crippen LogP contribution in [-0.2, 0) is 10.0 Å². The number of halogens is 1. The first-order valence-corrected chi connectivity index (χ1v) is 8.22. The van der Waals surface area contributed by atoms with Gasteiger partial charge in [0.15, 0.2) is 0 Å². The molecule has 0 fully saturated rings. The normalized spacial score (nSPS) is 12.8. The summed E-state index contributed by atoms with van der Waals surface area (Å²) in [6.07, 6.45) is 0. The average Bonchev–Trinajstić information content (AvgIpc) is 2.47. The number of aryl methyl sites for hydroxylation is 1. The van der Waals surface area contributed by atoms with E-state index in [4.69, 9.17) is 0 Å². The van der Waals surface area contributed by atoms with Crippen molar-refractivity contribution in [1.29, 1.82) is 0 Å². The number of non-ortho nitro benzene ring substituents is 1. The fourth-order valence-corrected chi connectivity index (χ4v) is 3.60. The number of hydrogen-bond donors (Lipinski definition) is 1. The summed E-state index contributed by atoms with van der Waals surface area (Å²) in [6, 6.07) is 8.46. The molecule has 1 atom stereocenters. The lowest BCUT2D eigenvalue weighted by Crippen LogP contribution is -2.27. The molecule has 0 aliphatic heterocycles. The maximum absolute atomic E-state index is 12.9. The van der Waals surface area contributed by atoms with Crippen LogP contribution in [0.2, 0.25) is 0 Å². The van der Waals surface area contributed by atoms with Crippen LogP contribution < -0.4 is 4.72 Å². The molecule has 1 N–H and O–H groups in total. The highest BCUT2D eigenvalue weighted by atomic mass is 32.2. The van der Waals surface area contributed by atoms with Gasteiger partial charge in [-0.3, -0.25) is 10.1 Å². The Bertz CT molecular complexity index is 835. The molecule has 0 aliphatic rings. The smallest absolute Gasteiger partial charge is 0.258 e. The van der Waals surface area contributed by atoms with E-state index in [1.54, 1.807) is 13.8 Å². The molecular weight excluding hydrogens is 323 g/mol. The molecule has 0 saturated heterocycles. The summed E-state index contributed by atoms with van der Waals surface area (Å²) in [5, 5.41) is 10.8. The quantitative estimate of drug-likeness (QED) is 0.670. The number of hydrogen-bond acceptors (Lipinski definition) is 4. The summed E-state index contributed by atoms with van der Waals surface area (Å²) in [4.78, 5) is 10.0. The zero-order valence-electron chi connectivity index (χ0n) is 12.5. The predicted octanol–water partition coefficient (Wildman–Crippen LogP) is 3.08.